The van der Waals surface area contributed by atoms with Gasteiger partial charge in [0, 0.05) is 17.2 Å². The summed E-state index contributed by atoms with van der Waals surface area (Å²) >= 11 is 0. The molecule has 0 fully saturated rings. The summed E-state index contributed by atoms with van der Waals surface area (Å²) < 4.78 is 52.0. The molecule has 0 saturated heterocycles. The second kappa shape index (κ2) is 6.60. The van der Waals surface area contributed by atoms with Crippen molar-refractivity contribution in [3.05, 3.63) is 42.0 Å². The van der Waals surface area contributed by atoms with E-state index in [4.69, 9.17) is 9.47 Å². The molecule has 2 rings (SSSR count). The first-order chi connectivity index (χ1) is 10.9. The number of carbonyl (C=O) groups excluding carboxylic acids is 1. The van der Waals surface area contributed by atoms with E-state index in [1.165, 1.54) is 38.5 Å². The van der Waals surface area contributed by atoms with Crippen LogP contribution in [0.1, 0.15) is 10.4 Å². The largest absolute Gasteiger partial charge is 0.573 e. The molecule has 0 atom stereocenters. The van der Waals surface area contributed by atoms with E-state index >= 15 is 0 Å². The van der Waals surface area contributed by atoms with Gasteiger partial charge in [-0.1, -0.05) is 0 Å². The van der Waals surface area contributed by atoms with E-state index in [1.54, 1.807) is 6.07 Å². The Hall–Kier alpha value is -2.70. The summed E-state index contributed by atoms with van der Waals surface area (Å²) in [6.07, 6.45) is -4.31. The Labute approximate surface area is 130 Å². The van der Waals surface area contributed by atoms with Gasteiger partial charge in [-0.3, -0.25) is 4.79 Å². The van der Waals surface area contributed by atoms with Crippen molar-refractivity contribution < 1.29 is 32.2 Å². The van der Waals surface area contributed by atoms with Crippen molar-refractivity contribution in [2.24, 2.45) is 0 Å². The maximum Gasteiger partial charge on any atom is 0.573 e. The van der Waals surface area contributed by atoms with Gasteiger partial charge >= 0.3 is 6.36 Å². The van der Waals surface area contributed by atoms with Gasteiger partial charge in [0.25, 0.3) is 0 Å². The summed E-state index contributed by atoms with van der Waals surface area (Å²) in [5, 5.41) is 0. The molecule has 2 aromatic carbocycles. The molecule has 122 valence electrons. The highest BCUT2D eigenvalue weighted by atomic mass is 19.4. The summed E-state index contributed by atoms with van der Waals surface area (Å²) in [5.41, 5.74) is 0.685. The Morgan fingerprint density at radius 1 is 0.957 bits per heavy atom. The zero-order valence-corrected chi connectivity index (χ0v) is 12.3. The van der Waals surface area contributed by atoms with E-state index in [0.29, 0.717) is 23.3 Å². The van der Waals surface area contributed by atoms with Crippen molar-refractivity contribution in [1.82, 2.24) is 0 Å². The Balaban J connectivity index is 2.62. The number of alkyl halides is 3. The predicted molar refractivity (Wildman–Crippen MR) is 77.1 cm³/mol. The quantitative estimate of drug-likeness (QED) is 0.777. The maximum absolute atomic E-state index is 12.6. The van der Waals surface area contributed by atoms with Crippen LogP contribution in [-0.2, 0) is 0 Å². The third kappa shape index (κ3) is 4.15. The number of aldehydes is 1. The number of hydrogen-bond acceptors (Lipinski definition) is 4. The Morgan fingerprint density at radius 3 is 2.04 bits per heavy atom. The molecular formula is C16H13F3O4. The van der Waals surface area contributed by atoms with Crippen LogP contribution in [0, 0.1) is 0 Å². The lowest BCUT2D eigenvalue weighted by molar-refractivity contribution is -0.274. The minimum atomic E-state index is -4.85. The monoisotopic (exact) mass is 326 g/mol. The van der Waals surface area contributed by atoms with Gasteiger partial charge in [-0.2, -0.15) is 0 Å². The van der Waals surface area contributed by atoms with Crippen LogP contribution in [0.3, 0.4) is 0 Å². The van der Waals surface area contributed by atoms with Gasteiger partial charge in [-0.25, -0.2) is 0 Å². The molecule has 0 saturated carbocycles. The minimum absolute atomic E-state index is 0.101. The summed E-state index contributed by atoms with van der Waals surface area (Å²) in [6.45, 7) is 0. The van der Waals surface area contributed by atoms with Gasteiger partial charge in [0.1, 0.15) is 23.5 Å². The van der Waals surface area contributed by atoms with E-state index in [9.17, 15) is 18.0 Å². The van der Waals surface area contributed by atoms with E-state index in [2.05, 4.69) is 4.74 Å². The SMILES string of the molecule is COc1cc(OC)cc(-c2cc(C=O)ccc2OC(F)(F)F)c1. The number of benzene rings is 2. The molecule has 23 heavy (non-hydrogen) atoms. The van der Waals surface area contributed by atoms with Crippen LogP contribution < -0.4 is 14.2 Å². The first-order valence-electron chi connectivity index (χ1n) is 6.44. The highest BCUT2D eigenvalue weighted by Gasteiger charge is 2.32. The second-order valence-corrected chi connectivity index (χ2v) is 4.52. The summed E-state index contributed by atoms with van der Waals surface area (Å²) in [5.74, 6) is 0.376. The molecule has 0 aliphatic rings. The lowest BCUT2D eigenvalue weighted by atomic mass is 10.0. The van der Waals surface area contributed by atoms with E-state index in [1.807, 2.05) is 0 Å². The van der Waals surface area contributed by atoms with Crippen LogP contribution in [-0.4, -0.2) is 26.9 Å². The summed E-state index contributed by atoms with van der Waals surface area (Å²) in [4.78, 5) is 10.9. The number of carbonyl (C=O) groups is 1. The molecule has 0 heterocycles. The molecule has 7 heteroatoms. The van der Waals surface area contributed by atoms with Crippen molar-refractivity contribution in [2.75, 3.05) is 14.2 Å². The van der Waals surface area contributed by atoms with Gasteiger partial charge in [0.2, 0.25) is 0 Å². The zero-order valence-electron chi connectivity index (χ0n) is 12.3. The van der Waals surface area contributed by atoms with Gasteiger partial charge in [0.05, 0.1) is 14.2 Å². The fourth-order valence-electron chi connectivity index (χ4n) is 2.02. The Morgan fingerprint density at radius 2 is 1.57 bits per heavy atom. The van der Waals surface area contributed by atoms with Crippen molar-refractivity contribution in [1.29, 1.82) is 0 Å². The standard InChI is InChI=1S/C16H13F3O4/c1-21-12-6-11(7-13(8-12)22-2)14-5-10(9-20)3-4-15(14)23-16(17,18)19/h3-9H,1-2H3. The third-order valence-electron chi connectivity index (χ3n) is 3.03. The molecule has 0 N–H and O–H groups in total. The van der Waals surface area contributed by atoms with Gasteiger partial charge in [-0.05, 0) is 35.9 Å². The summed E-state index contributed by atoms with van der Waals surface area (Å²) in [7, 11) is 2.85. The average Bonchev–Trinajstić information content (AvgIpc) is 2.53. The van der Waals surface area contributed by atoms with Crippen molar-refractivity contribution in [3.63, 3.8) is 0 Å². The zero-order chi connectivity index (χ0) is 17.0. The Bertz CT molecular complexity index is 689. The third-order valence-corrected chi connectivity index (χ3v) is 3.03. The molecular weight excluding hydrogens is 313 g/mol. The van der Waals surface area contributed by atoms with Crippen molar-refractivity contribution in [3.8, 4) is 28.4 Å². The molecule has 2 aromatic rings. The smallest absolute Gasteiger partial charge is 0.497 e. The minimum Gasteiger partial charge on any atom is -0.497 e. The highest BCUT2D eigenvalue weighted by molar-refractivity contribution is 5.82. The summed E-state index contributed by atoms with van der Waals surface area (Å²) in [6, 6.07) is 8.28. The number of methoxy groups -OCH3 is 2. The van der Waals surface area contributed by atoms with Crippen LogP contribution in [0.25, 0.3) is 11.1 Å². The fourth-order valence-corrected chi connectivity index (χ4v) is 2.02. The van der Waals surface area contributed by atoms with Crippen molar-refractivity contribution in [2.45, 2.75) is 6.36 Å². The van der Waals surface area contributed by atoms with Crippen LogP contribution in [0.2, 0.25) is 0 Å². The molecule has 0 aliphatic heterocycles. The topological polar surface area (TPSA) is 44.8 Å². The molecule has 0 amide bonds. The maximum atomic E-state index is 12.6. The lowest BCUT2D eigenvalue weighted by Gasteiger charge is -2.15. The highest BCUT2D eigenvalue weighted by Crippen LogP contribution is 2.37. The molecule has 0 aliphatic carbocycles. The lowest BCUT2D eigenvalue weighted by Crippen LogP contribution is -2.17. The molecule has 0 radical (unpaired) electrons. The van der Waals surface area contributed by atoms with Gasteiger partial charge < -0.3 is 14.2 Å². The van der Waals surface area contributed by atoms with Crippen molar-refractivity contribution >= 4 is 6.29 Å². The van der Waals surface area contributed by atoms with Gasteiger partial charge in [0.15, 0.2) is 0 Å². The Kier molecular flexibility index (Phi) is 4.78. The van der Waals surface area contributed by atoms with Crippen LogP contribution in [0.5, 0.6) is 17.2 Å². The molecule has 4 nitrogen and oxygen atoms in total. The number of rotatable bonds is 5. The van der Waals surface area contributed by atoms with Crippen LogP contribution >= 0.6 is 0 Å². The van der Waals surface area contributed by atoms with Crippen LogP contribution in [0.4, 0.5) is 13.2 Å². The normalized spacial score (nSPS) is 11.0. The number of hydrogen-bond donors (Lipinski definition) is 0. The van der Waals surface area contributed by atoms with E-state index in [-0.39, 0.29) is 11.1 Å². The van der Waals surface area contributed by atoms with Gasteiger partial charge in [-0.15, -0.1) is 13.2 Å². The molecule has 0 bridgehead atoms. The first kappa shape index (κ1) is 16.7. The molecule has 0 aromatic heterocycles. The first-order valence-corrected chi connectivity index (χ1v) is 6.44. The van der Waals surface area contributed by atoms with Crippen LogP contribution in [0.15, 0.2) is 36.4 Å². The second-order valence-electron chi connectivity index (χ2n) is 4.52. The average molecular weight is 326 g/mol. The van der Waals surface area contributed by atoms with E-state index < -0.39 is 12.1 Å². The predicted octanol–water partition coefficient (Wildman–Crippen LogP) is 4.08. The molecule has 0 spiro atoms. The molecule has 0 unspecified atom stereocenters. The number of halogens is 3. The number of ether oxygens (including phenoxy) is 3. The fraction of sp³-hybridized carbons (Fsp3) is 0.188. The van der Waals surface area contributed by atoms with E-state index in [0.717, 1.165) is 6.07 Å².